The van der Waals surface area contributed by atoms with Crippen LogP contribution in [0.15, 0.2) is 48.8 Å². The van der Waals surface area contributed by atoms with Crippen molar-refractivity contribution >= 4 is 11.7 Å². The van der Waals surface area contributed by atoms with E-state index in [9.17, 15) is 14.9 Å². The van der Waals surface area contributed by atoms with Gasteiger partial charge in [-0.3, -0.25) is 20.2 Å². The molecule has 3 rings (SSSR count). The third kappa shape index (κ3) is 3.52. The smallest absolute Gasteiger partial charge is 0.339 e. The van der Waals surface area contributed by atoms with Crippen LogP contribution in [0.25, 0.3) is 11.3 Å². The lowest BCUT2D eigenvalue weighted by Crippen LogP contribution is -2.08. The first-order chi connectivity index (χ1) is 12.1. The Balaban J connectivity index is 1.70. The summed E-state index contributed by atoms with van der Waals surface area (Å²) in [6, 6.07) is 9.71. The molecule has 8 heteroatoms. The summed E-state index contributed by atoms with van der Waals surface area (Å²) >= 11 is 0. The number of pyridine rings is 1. The Morgan fingerprint density at radius 2 is 2.04 bits per heavy atom. The highest BCUT2D eigenvalue weighted by molar-refractivity contribution is 5.92. The molecular formula is C17H14N4O4. The van der Waals surface area contributed by atoms with Crippen LogP contribution in [0.5, 0.6) is 0 Å². The zero-order valence-corrected chi connectivity index (χ0v) is 13.3. The van der Waals surface area contributed by atoms with Crippen molar-refractivity contribution < 1.29 is 14.5 Å². The van der Waals surface area contributed by atoms with Gasteiger partial charge in [-0.25, -0.2) is 4.79 Å². The van der Waals surface area contributed by atoms with Crippen LogP contribution in [0.2, 0.25) is 0 Å². The minimum Gasteiger partial charge on any atom is -0.456 e. The molecule has 0 saturated carbocycles. The van der Waals surface area contributed by atoms with E-state index in [1.807, 2.05) is 12.1 Å². The van der Waals surface area contributed by atoms with E-state index in [4.69, 9.17) is 4.74 Å². The first kappa shape index (κ1) is 16.3. The number of aromatic nitrogens is 3. The number of esters is 1. The van der Waals surface area contributed by atoms with Gasteiger partial charge in [-0.2, -0.15) is 5.10 Å². The van der Waals surface area contributed by atoms with Crippen LogP contribution in [-0.2, 0) is 11.3 Å². The van der Waals surface area contributed by atoms with Gasteiger partial charge in [-0.05, 0) is 31.2 Å². The van der Waals surface area contributed by atoms with Crippen LogP contribution in [0.3, 0.4) is 0 Å². The Kier molecular flexibility index (Phi) is 4.51. The van der Waals surface area contributed by atoms with Gasteiger partial charge in [0, 0.05) is 29.6 Å². The van der Waals surface area contributed by atoms with Gasteiger partial charge >= 0.3 is 5.97 Å². The van der Waals surface area contributed by atoms with E-state index in [0.29, 0.717) is 11.4 Å². The molecule has 2 aromatic heterocycles. The van der Waals surface area contributed by atoms with Gasteiger partial charge in [0.15, 0.2) is 0 Å². The summed E-state index contributed by atoms with van der Waals surface area (Å²) in [5.74, 6) is -0.624. The highest BCUT2D eigenvalue weighted by Gasteiger charge is 2.19. The highest BCUT2D eigenvalue weighted by Crippen LogP contribution is 2.22. The van der Waals surface area contributed by atoms with Gasteiger partial charge in [0.2, 0.25) is 0 Å². The quantitative estimate of drug-likeness (QED) is 0.435. The zero-order valence-electron chi connectivity index (χ0n) is 13.3. The molecule has 1 aromatic carbocycles. The van der Waals surface area contributed by atoms with Crippen molar-refractivity contribution in [2.24, 2.45) is 0 Å². The standard InChI is InChI=1S/C17H14N4O4/c1-11-14(3-2-4-16(11)21(23)24)17(22)25-10-13-9-15(20-19-13)12-5-7-18-8-6-12/h2-9H,10H2,1H3,(H,19,20). The molecule has 0 fully saturated rings. The maximum atomic E-state index is 12.2. The molecule has 25 heavy (non-hydrogen) atoms. The Hall–Kier alpha value is -3.55. The van der Waals surface area contributed by atoms with Crippen LogP contribution >= 0.6 is 0 Å². The van der Waals surface area contributed by atoms with Crippen molar-refractivity contribution in [2.75, 3.05) is 0 Å². The number of carbonyl (C=O) groups is 1. The molecule has 0 radical (unpaired) electrons. The SMILES string of the molecule is Cc1c(C(=O)OCc2cc(-c3ccncc3)n[nH]2)cccc1[N+](=O)[O-]. The van der Waals surface area contributed by atoms with E-state index in [-0.39, 0.29) is 23.4 Å². The number of hydrogen-bond acceptors (Lipinski definition) is 6. The van der Waals surface area contributed by atoms with Gasteiger partial charge < -0.3 is 4.74 Å². The Morgan fingerprint density at radius 1 is 1.28 bits per heavy atom. The predicted octanol–water partition coefficient (Wildman–Crippen LogP) is 3.05. The molecule has 0 aliphatic heterocycles. The van der Waals surface area contributed by atoms with Crippen LogP contribution in [0.4, 0.5) is 5.69 Å². The van der Waals surface area contributed by atoms with Crippen LogP contribution in [0.1, 0.15) is 21.6 Å². The predicted molar refractivity (Wildman–Crippen MR) is 88.8 cm³/mol. The fourth-order valence-electron chi connectivity index (χ4n) is 2.37. The van der Waals surface area contributed by atoms with Gasteiger partial charge in [0.1, 0.15) is 6.61 Å². The summed E-state index contributed by atoms with van der Waals surface area (Å²) in [4.78, 5) is 26.6. The molecule has 0 atom stereocenters. The summed E-state index contributed by atoms with van der Waals surface area (Å²) in [6.45, 7) is 1.51. The molecule has 0 aliphatic carbocycles. The first-order valence-electron chi connectivity index (χ1n) is 7.42. The third-order valence-corrected chi connectivity index (χ3v) is 3.69. The number of nitro groups is 1. The lowest BCUT2D eigenvalue weighted by atomic mass is 10.1. The average Bonchev–Trinajstić information content (AvgIpc) is 3.09. The van der Waals surface area contributed by atoms with Crippen molar-refractivity contribution in [1.82, 2.24) is 15.2 Å². The molecular weight excluding hydrogens is 324 g/mol. The third-order valence-electron chi connectivity index (χ3n) is 3.69. The molecule has 0 spiro atoms. The number of carbonyl (C=O) groups excluding carboxylic acids is 1. The Bertz CT molecular complexity index is 921. The summed E-state index contributed by atoms with van der Waals surface area (Å²) in [5.41, 5.74) is 2.54. The van der Waals surface area contributed by atoms with E-state index < -0.39 is 10.9 Å². The van der Waals surface area contributed by atoms with Gasteiger partial charge in [0.05, 0.1) is 21.9 Å². The number of nitro benzene ring substituents is 1. The molecule has 1 N–H and O–H groups in total. The number of H-pyrrole nitrogens is 1. The molecule has 8 nitrogen and oxygen atoms in total. The molecule has 0 bridgehead atoms. The molecule has 0 unspecified atom stereocenters. The second-order valence-corrected chi connectivity index (χ2v) is 5.30. The van der Waals surface area contributed by atoms with Crippen molar-refractivity contribution in [3.63, 3.8) is 0 Å². The second-order valence-electron chi connectivity index (χ2n) is 5.30. The fraction of sp³-hybridized carbons (Fsp3) is 0.118. The van der Waals surface area contributed by atoms with E-state index in [0.717, 1.165) is 5.56 Å². The highest BCUT2D eigenvalue weighted by atomic mass is 16.6. The number of benzene rings is 1. The van der Waals surface area contributed by atoms with Crippen molar-refractivity contribution in [2.45, 2.75) is 13.5 Å². The zero-order chi connectivity index (χ0) is 17.8. The summed E-state index contributed by atoms with van der Waals surface area (Å²) in [5, 5.41) is 17.9. The molecule has 126 valence electrons. The van der Waals surface area contributed by atoms with E-state index in [2.05, 4.69) is 15.2 Å². The average molecular weight is 338 g/mol. The minimum atomic E-state index is -0.624. The minimum absolute atomic E-state index is 0.0148. The van der Waals surface area contributed by atoms with Crippen molar-refractivity contribution in [3.8, 4) is 11.3 Å². The molecule has 0 aliphatic rings. The fourth-order valence-corrected chi connectivity index (χ4v) is 2.37. The van der Waals surface area contributed by atoms with Gasteiger partial charge in [0.25, 0.3) is 5.69 Å². The van der Waals surface area contributed by atoms with Crippen LogP contribution < -0.4 is 0 Å². The Labute approximate surface area is 142 Å². The molecule has 0 saturated heterocycles. The topological polar surface area (TPSA) is 111 Å². The van der Waals surface area contributed by atoms with E-state index in [1.165, 1.54) is 25.1 Å². The van der Waals surface area contributed by atoms with Crippen LogP contribution in [0, 0.1) is 17.0 Å². The lowest BCUT2D eigenvalue weighted by molar-refractivity contribution is -0.385. The number of ether oxygens (including phenoxy) is 1. The van der Waals surface area contributed by atoms with Crippen molar-refractivity contribution in [3.05, 3.63) is 75.7 Å². The lowest BCUT2D eigenvalue weighted by Gasteiger charge is -2.06. The maximum absolute atomic E-state index is 12.2. The molecule has 3 aromatic rings. The van der Waals surface area contributed by atoms with Gasteiger partial charge in [-0.1, -0.05) is 6.07 Å². The summed E-state index contributed by atoms with van der Waals surface area (Å²) < 4.78 is 5.23. The van der Waals surface area contributed by atoms with E-state index in [1.54, 1.807) is 18.5 Å². The normalized spacial score (nSPS) is 10.4. The van der Waals surface area contributed by atoms with Gasteiger partial charge in [-0.15, -0.1) is 0 Å². The monoisotopic (exact) mass is 338 g/mol. The van der Waals surface area contributed by atoms with Crippen molar-refractivity contribution in [1.29, 1.82) is 0 Å². The number of nitrogens with zero attached hydrogens (tertiary/aromatic N) is 3. The van der Waals surface area contributed by atoms with Crippen LogP contribution in [-0.4, -0.2) is 26.1 Å². The number of hydrogen-bond donors (Lipinski definition) is 1. The largest absolute Gasteiger partial charge is 0.456 e. The summed E-state index contributed by atoms with van der Waals surface area (Å²) in [6.07, 6.45) is 3.32. The maximum Gasteiger partial charge on any atom is 0.339 e. The molecule has 0 amide bonds. The number of rotatable bonds is 5. The second kappa shape index (κ2) is 6.91. The summed E-state index contributed by atoms with van der Waals surface area (Å²) in [7, 11) is 0. The number of aromatic amines is 1. The first-order valence-corrected chi connectivity index (χ1v) is 7.42. The number of nitrogens with one attached hydrogen (secondary N) is 1. The Morgan fingerprint density at radius 3 is 2.76 bits per heavy atom. The van der Waals surface area contributed by atoms with E-state index >= 15 is 0 Å². The molecule has 2 heterocycles.